The number of benzene rings is 1. The van der Waals surface area contributed by atoms with E-state index in [0.29, 0.717) is 6.42 Å². The average molecular weight is 182 g/mol. The summed E-state index contributed by atoms with van der Waals surface area (Å²) in [5, 5.41) is 8.68. The molecule has 2 rings (SSSR count). The summed E-state index contributed by atoms with van der Waals surface area (Å²) >= 11 is 0. The van der Waals surface area contributed by atoms with Crippen LogP contribution in [0.2, 0.25) is 0 Å². The van der Waals surface area contributed by atoms with Crippen molar-refractivity contribution < 1.29 is 0 Å². The van der Waals surface area contributed by atoms with Crippen LogP contribution in [0.5, 0.6) is 0 Å². The Labute approximate surface area is 83.0 Å². The summed E-state index contributed by atoms with van der Waals surface area (Å²) in [5.41, 5.74) is 2.14. The van der Waals surface area contributed by atoms with Gasteiger partial charge < -0.3 is 4.57 Å². The largest absolute Gasteiger partial charge is 0.324 e. The lowest BCUT2D eigenvalue weighted by molar-refractivity contribution is 1.04. The molecule has 0 unspecified atom stereocenters. The molecular weight excluding hydrogens is 172 g/mol. The van der Waals surface area contributed by atoms with Crippen LogP contribution in [0.3, 0.4) is 0 Å². The molecule has 2 nitrogen and oxygen atoms in total. The Morgan fingerprint density at radius 2 is 1.79 bits per heavy atom. The number of hydrogen-bond acceptors (Lipinski definition) is 1. The van der Waals surface area contributed by atoms with Gasteiger partial charge in [0, 0.05) is 18.1 Å². The Balaban J connectivity index is 2.48. The maximum atomic E-state index is 8.68. The van der Waals surface area contributed by atoms with E-state index in [9.17, 15) is 0 Å². The van der Waals surface area contributed by atoms with Gasteiger partial charge in [0.05, 0.1) is 12.5 Å². The van der Waals surface area contributed by atoms with E-state index < -0.39 is 0 Å². The molecule has 0 spiro atoms. The van der Waals surface area contributed by atoms with Gasteiger partial charge in [-0.05, 0) is 23.8 Å². The van der Waals surface area contributed by atoms with Crippen molar-refractivity contribution in [1.29, 1.82) is 5.26 Å². The van der Waals surface area contributed by atoms with Gasteiger partial charge in [-0.2, -0.15) is 5.26 Å². The summed E-state index contributed by atoms with van der Waals surface area (Å²) in [7, 11) is 0. The number of rotatable bonds is 2. The molecule has 0 N–H and O–H groups in total. The van der Waals surface area contributed by atoms with Crippen LogP contribution in [-0.2, 0) is 6.42 Å². The standard InChI is InChI=1S/C12H10N2/c13-8-7-11-5-1-2-6-12(11)14-9-3-4-10-14/h1-6,9-10H,7H2. The zero-order chi connectivity index (χ0) is 9.80. The van der Waals surface area contributed by atoms with E-state index in [4.69, 9.17) is 5.26 Å². The van der Waals surface area contributed by atoms with E-state index >= 15 is 0 Å². The zero-order valence-corrected chi connectivity index (χ0v) is 7.72. The third-order valence-corrected chi connectivity index (χ3v) is 2.14. The van der Waals surface area contributed by atoms with Crippen molar-refractivity contribution in [3.63, 3.8) is 0 Å². The lowest BCUT2D eigenvalue weighted by Gasteiger charge is -2.07. The highest BCUT2D eigenvalue weighted by molar-refractivity contribution is 5.42. The highest BCUT2D eigenvalue weighted by atomic mass is 14.9. The van der Waals surface area contributed by atoms with Crippen molar-refractivity contribution in [2.75, 3.05) is 0 Å². The summed E-state index contributed by atoms with van der Waals surface area (Å²) in [6.45, 7) is 0. The third kappa shape index (κ3) is 1.53. The Morgan fingerprint density at radius 3 is 2.50 bits per heavy atom. The molecule has 0 aliphatic carbocycles. The fourth-order valence-electron chi connectivity index (χ4n) is 1.49. The maximum Gasteiger partial charge on any atom is 0.0670 e. The smallest absolute Gasteiger partial charge is 0.0670 e. The van der Waals surface area contributed by atoms with Gasteiger partial charge in [0.1, 0.15) is 0 Å². The van der Waals surface area contributed by atoms with E-state index in [1.807, 2.05) is 53.4 Å². The number of hydrogen-bond donors (Lipinski definition) is 0. The van der Waals surface area contributed by atoms with Crippen molar-refractivity contribution in [3.05, 3.63) is 54.4 Å². The molecule has 1 aromatic carbocycles. The number of para-hydroxylation sites is 1. The van der Waals surface area contributed by atoms with Gasteiger partial charge in [-0.1, -0.05) is 18.2 Å². The molecule has 0 fully saturated rings. The van der Waals surface area contributed by atoms with E-state index in [1.54, 1.807) is 0 Å². The van der Waals surface area contributed by atoms with Crippen molar-refractivity contribution in [1.82, 2.24) is 4.57 Å². The first kappa shape index (κ1) is 8.58. The van der Waals surface area contributed by atoms with E-state index in [2.05, 4.69) is 6.07 Å². The highest BCUT2D eigenvalue weighted by Crippen LogP contribution is 2.14. The Morgan fingerprint density at radius 1 is 1.07 bits per heavy atom. The molecule has 1 aromatic heterocycles. The number of nitrogens with zero attached hydrogens (tertiary/aromatic N) is 2. The topological polar surface area (TPSA) is 28.7 Å². The Kier molecular flexibility index (Phi) is 2.33. The minimum atomic E-state index is 0.453. The van der Waals surface area contributed by atoms with Crippen LogP contribution in [0.1, 0.15) is 5.56 Å². The van der Waals surface area contributed by atoms with Crippen LogP contribution in [0.4, 0.5) is 0 Å². The molecule has 2 aromatic rings. The summed E-state index contributed by atoms with van der Waals surface area (Å²) in [6.07, 6.45) is 4.42. The second kappa shape index (κ2) is 3.80. The monoisotopic (exact) mass is 182 g/mol. The predicted octanol–water partition coefficient (Wildman–Crippen LogP) is 2.54. The van der Waals surface area contributed by atoms with Gasteiger partial charge in [-0.25, -0.2) is 0 Å². The SMILES string of the molecule is N#CCc1ccccc1-n1cccc1. The highest BCUT2D eigenvalue weighted by Gasteiger charge is 2.01. The molecule has 0 saturated carbocycles. The maximum absolute atomic E-state index is 8.68. The summed E-state index contributed by atoms with van der Waals surface area (Å²) in [6, 6.07) is 14.1. The second-order valence-corrected chi connectivity index (χ2v) is 3.05. The molecule has 0 aliphatic heterocycles. The summed E-state index contributed by atoms with van der Waals surface area (Å²) < 4.78 is 2.02. The molecule has 0 atom stereocenters. The molecule has 14 heavy (non-hydrogen) atoms. The molecule has 0 amide bonds. The predicted molar refractivity (Wildman–Crippen MR) is 55.1 cm³/mol. The quantitative estimate of drug-likeness (QED) is 0.701. The first-order chi connectivity index (χ1) is 6.92. The van der Waals surface area contributed by atoms with Crippen LogP contribution in [0.25, 0.3) is 5.69 Å². The first-order valence-electron chi connectivity index (χ1n) is 4.50. The van der Waals surface area contributed by atoms with Gasteiger partial charge in [-0.3, -0.25) is 0 Å². The number of aromatic nitrogens is 1. The zero-order valence-electron chi connectivity index (χ0n) is 7.72. The minimum absolute atomic E-state index is 0.453. The van der Waals surface area contributed by atoms with Crippen molar-refractivity contribution in [2.45, 2.75) is 6.42 Å². The normalized spacial score (nSPS) is 9.64. The van der Waals surface area contributed by atoms with Crippen LogP contribution >= 0.6 is 0 Å². The van der Waals surface area contributed by atoms with Crippen molar-refractivity contribution >= 4 is 0 Å². The van der Waals surface area contributed by atoms with Crippen molar-refractivity contribution in [3.8, 4) is 11.8 Å². The van der Waals surface area contributed by atoms with Gasteiger partial charge in [-0.15, -0.1) is 0 Å². The summed E-state index contributed by atoms with van der Waals surface area (Å²) in [4.78, 5) is 0. The van der Waals surface area contributed by atoms with E-state index in [-0.39, 0.29) is 0 Å². The van der Waals surface area contributed by atoms with Gasteiger partial charge in [0.15, 0.2) is 0 Å². The van der Waals surface area contributed by atoms with Gasteiger partial charge >= 0.3 is 0 Å². The van der Waals surface area contributed by atoms with Gasteiger partial charge in [0.25, 0.3) is 0 Å². The average Bonchev–Trinajstić information content (AvgIpc) is 2.72. The Hall–Kier alpha value is -2.01. The van der Waals surface area contributed by atoms with Crippen LogP contribution < -0.4 is 0 Å². The van der Waals surface area contributed by atoms with Crippen LogP contribution in [-0.4, -0.2) is 4.57 Å². The first-order valence-corrected chi connectivity index (χ1v) is 4.50. The van der Waals surface area contributed by atoms with E-state index in [0.717, 1.165) is 11.3 Å². The third-order valence-electron chi connectivity index (χ3n) is 2.14. The van der Waals surface area contributed by atoms with Crippen LogP contribution in [0.15, 0.2) is 48.8 Å². The van der Waals surface area contributed by atoms with Gasteiger partial charge in [0.2, 0.25) is 0 Å². The van der Waals surface area contributed by atoms with Crippen molar-refractivity contribution in [2.24, 2.45) is 0 Å². The molecule has 0 bridgehead atoms. The fraction of sp³-hybridized carbons (Fsp3) is 0.0833. The minimum Gasteiger partial charge on any atom is -0.324 e. The molecule has 68 valence electrons. The second-order valence-electron chi connectivity index (χ2n) is 3.05. The van der Waals surface area contributed by atoms with E-state index in [1.165, 1.54) is 0 Å². The number of nitriles is 1. The molecule has 2 heteroatoms. The Bertz CT molecular complexity index is 449. The lowest BCUT2D eigenvalue weighted by atomic mass is 10.1. The fourth-order valence-corrected chi connectivity index (χ4v) is 1.49. The molecular formula is C12H10N2. The molecule has 0 saturated heterocycles. The molecule has 1 heterocycles. The lowest BCUT2D eigenvalue weighted by Crippen LogP contribution is -1.95. The molecule has 0 aliphatic rings. The molecule has 0 radical (unpaired) electrons. The van der Waals surface area contributed by atoms with Crippen LogP contribution in [0, 0.1) is 11.3 Å². The summed E-state index contributed by atoms with van der Waals surface area (Å²) in [5.74, 6) is 0.